The number of allylic oxidation sites excluding steroid dienone is 1. The Morgan fingerprint density at radius 1 is 1.19 bits per heavy atom. The summed E-state index contributed by atoms with van der Waals surface area (Å²) in [5.41, 5.74) is 4.02. The lowest BCUT2D eigenvalue weighted by atomic mass is 10.0. The van der Waals surface area contributed by atoms with Crippen LogP contribution in [0.2, 0.25) is 0 Å². The molecule has 1 amide bonds. The van der Waals surface area contributed by atoms with Crippen LogP contribution < -0.4 is 10.6 Å². The highest BCUT2D eigenvalue weighted by atomic mass is 16.4. The number of fused-ring (bicyclic) bond motifs is 1. The van der Waals surface area contributed by atoms with E-state index in [0.29, 0.717) is 17.3 Å². The van der Waals surface area contributed by atoms with Gasteiger partial charge in [-0.3, -0.25) is 9.79 Å². The molecular formula is C24H21N5O2. The number of hydrogen-bond donors (Lipinski definition) is 3. The predicted octanol–water partition coefficient (Wildman–Crippen LogP) is 5.53. The Morgan fingerprint density at radius 2 is 2.13 bits per heavy atom. The molecule has 1 unspecified atom stereocenters. The van der Waals surface area contributed by atoms with Crippen LogP contribution in [-0.4, -0.2) is 22.1 Å². The number of aromatic amines is 1. The topological polar surface area (TPSA) is 95.3 Å². The lowest BCUT2D eigenvalue weighted by Gasteiger charge is -2.11. The van der Waals surface area contributed by atoms with E-state index in [1.54, 1.807) is 12.4 Å². The second-order valence-electron chi connectivity index (χ2n) is 7.47. The molecule has 1 aliphatic rings. The van der Waals surface area contributed by atoms with Crippen LogP contribution >= 0.6 is 0 Å². The standard InChI is InChI=1S/C24H21N5O2/c1-15-2-5-19(28-23(30)18-4-3-16-8-11-26-21(16)12-18)13-20(15)29-24-27-14-22(31-24)17-6-9-25-10-7-17/h2-6,8-14,17,26H,7H2,1H3,(H,27,29)(H,28,30). The third-order valence-corrected chi connectivity index (χ3v) is 5.31. The number of carbonyl (C=O) groups is 1. The van der Waals surface area contributed by atoms with Gasteiger partial charge in [0.2, 0.25) is 0 Å². The highest BCUT2D eigenvalue weighted by Gasteiger charge is 2.15. The van der Waals surface area contributed by atoms with Crippen molar-refractivity contribution < 1.29 is 9.21 Å². The minimum absolute atomic E-state index is 0.143. The van der Waals surface area contributed by atoms with Crippen molar-refractivity contribution in [3.05, 3.63) is 84.0 Å². The fraction of sp³-hybridized carbons (Fsp3) is 0.125. The second kappa shape index (κ2) is 7.95. The normalized spacial score (nSPS) is 15.3. The summed E-state index contributed by atoms with van der Waals surface area (Å²) in [6.45, 7) is 1.98. The summed E-state index contributed by atoms with van der Waals surface area (Å²) in [6.07, 6.45) is 10.0. The number of H-pyrrole nitrogens is 1. The maximum atomic E-state index is 12.7. The lowest BCUT2D eigenvalue weighted by Crippen LogP contribution is -2.12. The van der Waals surface area contributed by atoms with E-state index in [1.165, 1.54) is 0 Å². The molecule has 4 aromatic rings. The molecule has 2 aromatic carbocycles. The van der Waals surface area contributed by atoms with Crippen LogP contribution in [0.5, 0.6) is 0 Å². The molecule has 1 atom stereocenters. The number of aryl methyl sites for hydroxylation is 1. The van der Waals surface area contributed by atoms with Gasteiger partial charge in [-0.15, -0.1) is 0 Å². The molecule has 7 heteroatoms. The molecule has 7 nitrogen and oxygen atoms in total. The smallest absolute Gasteiger partial charge is 0.299 e. The summed E-state index contributed by atoms with van der Waals surface area (Å²) < 4.78 is 5.88. The van der Waals surface area contributed by atoms with E-state index in [1.807, 2.05) is 67.9 Å². The molecule has 0 saturated heterocycles. The first-order chi connectivity index (χ1) is 15.2. The number of hydrogen-bond acceptors (Lipinski definition) is 5. The van der Waals surface area contributed by atoms with E-state index in [2.05, 4.69) is 25.6 Å². The summed E-state index contributed by atoms with van der Waals surface area (Å²) in [5.74, 6) is 0.756. The van der Waals surface area contributed by atoms with Gasteiger partial charge in [-0.1, -0.05) is 18.2 Å². The Morgan fingerprint density at radius 3 is 3.00 bits per heavy atom. The molecule has 0 saturated carbocycles. The predicted molar refractivity (Wildman–Crippen MR) is 122 cm³/mol. The molecule has 5 rings (SSSR count). The fourth-order valence-corrected chi connectivity index (χ4v) is 3.54. The first-order valence-electron chi connectivity index (χ1n) is 10.1. The maximum Gasteiger partial charge on any atom is 0.299 e. The first-order valence-corrected chi connectivity index (χ1v) is 10.1. The number of oxazole rings is 1. The summed E-state index contributed by atoms with van der Waals surface area (Å²) >= 11 is 0. The number of rotatable bonds is 5. The van der Waals surface area contributed by atoms with Crippen LogP contribution in [0.1, 0.15) is 34.0 Å². The first kappa shape index (κ1) is 18.9. The summed E-state index contributed by atoms with van der Waals surface area (Å²) in [4.78, 5) is 24.3. The van der Waals surface area contributed by atoms with Gasteiger partial charge < -0.3 is 20.0 Å². The van der Waals surface area contributed by atoms with Gasteiger partial charge in [0.05, 0.1) is 6.20 Å². The van der Waals surface area contributed by atoms with E-state index in [0.717, 1.165) is 34.3 Å². The molecule has 0 radical (unpaired) electrons. The van der Waals surface area contributed by atoms with Crippen molar-refractivity contribution in [2.24, 2.45) is 4.99 Å². The number of aliphatic imine (C=N–C) groups is 1. The molecule has 3 N–H and O–H groups in total. The largest absolute Gasteiger partial charge is 0.428 e. The third kappa shape index (κ3) is 3.98. The van der Waals surface area contributed by atoms with Crippen molar-refractivity contribution in [2.75, 3.05) is 10.6 Å². The average Bonchev–Trinajstić information content (AvgIpc) is 3.45. The average molecular weight is 411 g/mol. The number of nitrogens with zero attached hydrogens (tertiary/aromatic N) is 2. The Kier molecular flexibility index (Phi) is 4.84. The number of benzene rings is 2. The zero-order valence-corrected chi connectivity index (χ0v) is 16.9. The molecule has 31 heavy (non-hydrogen) atoms. The van der Waals surface area contributed by atoms with Crippen LogP contribution in [0.4, 0.5) is 17.4 Å². The van der Waals surface area contributed by atoms with Crippen LogP contribution in [-0.2, 0) is 0 Å². The van der Waals surface area contributed by atoms with E-state index in [-0.39, 0.29) is 11.8 Å². The molecule has 2 aromatic heterocycles. The summed E-state index contributed by atoms with van der Waals surface area (Å²) in [5, 5.41) is 7.24. The maximum absolute atomic E-state index is 12.7. The van der Waals surface area contributed by atoms with Crippen molar-refractivity contribution in [3.63, 3.8) is 0 Å². The number of nitrogens with one attached hydrogen (secondary N) is 3. The van der Waals surface area contributed by atoms with Crippen molar-refractivity contribution in [1.82, 2.24) is 9.97 Å². The van der Waals surface area contributed by atoms with Crippen LogP contribution in [0.15, 0.2) is 76.5 Å². The van der Waals surface area contributed by atoms with Gasteiger partial charge in [-0.05, 0) is 54.6 Å². The van der Waals surface area contributed by atoms with Crippen LogP contribution in [0, 0.1) is 6.92 Å². The molecule has 0 fully saturated rings. The molecule has 0 spiro atoms. The SMILES string of the molecule is Cc1ccc(NC(=O)c2ccc3cc[nH]c3c2)cc1Nc1ncc(C2C=CN=CC2)o1. The minimum Gasteiger partial charge on any atom is -0.428 e. The van der Waals surface area contributed by atoms with Crippen LogP contribution in [0.25, 0.3) is 10.9 Å². The number of carbonyl (C=O) groups excluding carboxylic acids is 1. The number of anilines is 3. The zero-order valence-electron chi connectivity index (χ0n) is 16.9. The molecule has 3 heterocycles. The summed E-state index contributed by atoms with van der Waals surface area (Å²) in [6, 6.07) is 13.7. The van der Waals surface area contributed by atoms with Crippen molar-refractivity contribution in [1.29, 1.82) is 0 Å². The van der Waals surface area contributed by atoms with Crippen LogP contribution in [0.3, 0.4) is 0 Å². The molecular weight excluding hydrogens is 390 g/mol. The summed E-state index contributed by atoms with van der Waals surface area (Å²) in [7, 11) is 0. The van der Waals surface area contributed by atoms with Crippen molar-refractivity contribution in [2.45, 2.75) is 19.3 Å². The highest BCUT2D eigenvalue weighted by molar-refractivity contribution is 6.06. The lowest BCUT2D eigenvalue weighted by molar-refractivity contribution is 0.102. The van der Waals surface area contributed by atoms with Crippen molar-refractivity contribution in [3.8, 4) is 0 Å². The fourth-order valence-electron chi connectivity index (χ4n) is 3.54. The van der Waals surface area contributed by atoms with E-state index in [9.17, 15) is 4.79 Å². The van der Waals surface area contributed by atoms with Gasteiger partial charge in [0.25, 0.3) is 11.9 Å². The molecule has 0 bridgehead atoms. The van der Waals surface area contributed by atoms with E-state index in [4.69, 9.17) is 4.42 Å². The second-order valence-corrected chi connectivity index (χ2v) is 7.47. The highest BCUT2D eigenvalue weighted by Crippen LogP contribution is 2.28. The molecule has 1 aliphatic heterocycles. The molecule has 154 valence electrons. The van der Waals surface area contributed by atoms with E-state index >= 15 is 0 Å². The van der Waals surface area contributed by atoms with Gasteiger partial charge in [0.15, 0.2) is 0 Å². The monoisotopic (exact) mass is 411 g/mol. The Labute approximate surface area is 178 Å². The van der Waals surface area contributed by atoms with Gasteiger partial charge in [0, 0.05) is 47.0 Å². The quantitative estimate of drug-likeness (QED) is 0.402. The zero-order chi connectivity index (χ0) is 21.2. The number of amides is 1. The Balaban J connectivity index is 1.32. The molecule has 0 aliphatic carbocycles. The van der Waals surface area contributed by atoms with Gasteiger partial charge in [-0.2, -0.15) is 0 Å². The Bertz CT molecular complexity index is 1310. The van der Waals surface area contributed by atoms with Crippen molar-refractivity contribution >= 4 is 40.4 Å². The Hall–Kier alpha value is -4.13. The minimum atomic E-state index is -0.171. The van der Waals surface area contributed by atoms with E-state index < -0.39 is 0 Å². The van der Waals surface area contributed by atoms with Gasteiger partial charge >= 0.3 is 0 Å². The van der Waals surface area contributed by atoms with Gasteiger partial charge in [-0.25, -0.2) is 4.98 Å². The van der Waals surface area contributed by atoms with Gasteiger partial charge in [0.1, 0.15) is 5.76 Å². The number of aromatic nitrogens is 2. The third-order valence-electron chi connectivity index (χ3n) is 5.31.